The van der Waals surface area contributed by atoms with Gasteiger partial charge >= 0.3 is 5.97 Å². The molecule has 0 heterocycles. The Morgan fingerprint density at radius 2 is 2.00 bits per heavy atom. The van der Waals surface area contributed by atoms with Crippen LogP contribution in [0, 0.1) is 17.3 Å². The molecule has 0 amide bonds. The Morgan fingerprint density at radius 1 is 1.31 bits per heavy atom. The van der Waals surface area contributed by atoms with Crippen LogP contribution in [0.5, 0.6) is 0 Å². The number of aliphatic hydroxyl groups excluding tert-OH is 2. The van der Waals surface area contributed by atoms with Crippen LogP contribution in [0.1, 0.15) is 67.8 Å². The number of aryl methyl sites for hydroxylation is 1. The second-order valence-corrected chi connectivity index (χ2v) is 9.41. The highest BCUT2D eigenvalue weighted by Crippen LogP contribution is 2.48. The molecule has 0 aliphatic heterocycles. The van der Waals surface area contributed by atoms with Crippen molar-refractivity contribution in [1.29, 1.82) is 0 Å². The van der Waals surface area contributed by atoms with Gasteiger partial charge in [0.25, 0.3) is 0 Å². The number of alkyl halides is 1. The molecule has 0 saturated heterocycles. The third-order valence-corrected chi connectivity index (χ3v) is 7.82. The summed E-state index contributed by atoms with van der Waals surface area (Å²) < 4.78 is 0. The number of carboxylic acids is 1. The predicted molar refractivity (Wildman–Crippen MR) is 115 cm³/mol. The lowest BCUT2D eigenvalue weighted by Gasteiger charge is -2.45. The molecular weight excluding hydrogens is 388 g/mol. The Morgan fingerprint density at radius 3 is 2.55 bits per heavy atom. The summed E-state index contributed by atoms with van der Waals surface area (Å²) >= 11 is 6.55. The molecule has 5 heteroatoms. The molecule has 3 rings (SSSR count). The van der Waals surface area contributed by atoms with Crippen molar-refractivity contribution in [3.63, 3.8) is 0 Å². The molecule has 0 radical (unpaired) electrons. The Labute approximate surface area is 178 Å². The molecular formula is C24H33ClO4. The molecule has 0 spiro atoms. The van der Waals surface area contributed by atoms with Crippen LogP contribution in [0.4, 0.5) is 0 Å². The number of carbonyl (C=O) groups is 1. The van der Waals surface area contributed by atoms with Gasteiger partial charge in [-0.2, -0.15) is 0 Å². The van der Waals surface area contributed by atoms with E-state index in [4.69, 9.17) is 16.7 Å². The molecule has 2 saturated carbocycles. The maximum atomic E-state index is 11.0. The van der Waals surface area contributed by atoms with E-state index >= 15 is 0 Å². The van der Waals surface area contributed by atoms with Crippen molar-refractivity contribution in [3.8, 4) is 0 Å². The van der Waals surface area contributed by atoms with E-state index in [2.05, 4.69) is 13.0 Å². The summed E-state index contributed by atoms with van der Waals surface area (Å²) in [7, 11) is 0. The maximum Gasteiger partial charge on any atom is 0.335 e. The van der Waals surface area contributed by atoms with Gasteiger partial charge in [-0.1, -0.05) is 37.6 Å². The van der Waals surface area contributed by atoms with Crippen molar-refractivity contribution in [1.82, 2.24) is 0 Å². The lowest BCUT2D eigenvalue weighted by Crippen LogP contribution is -2.40. The van der Waals surface area contributed by atoms with Crippen LogP contribution in [0.15, 0.2) is 36.4 Å². The molecule has 4 nitrogen and oxygen atoms in total. The third-order valence-electron chi connectivity index (χ3n) is 7.32. The van der Waals surface area contributed by atoms with E-state index in [1.165, 1.54) is 6.42 Å². The van der Waals surface area contributed by atoms with Crippen LogP contribution in [0.25, 0.3) is 0 Å². The van der Waals surface area contributed by atoms with E-state index in [1.54, 1.807) is 12.1 Å². The number of benzene rings is 1. The number of aliphatic hydroxyl groups is 2. The van der Waals surface area contributed by atoms with Crippen LogP contribution in [0.2, 0.25) is 0 Å². The minimum Gasteiger partial charge on any atom is -0.478 e. The summed E-state index contributed by atoms with van der Waals surface area (Å²) in [6, 6.07) is 6.95. The first kappa shape index (κ1) is 22.3. The van der Waals surface area contributed by atoms with Gasteiger partial charge in [-0.15, -0.1) is 11.6 Å². The molecule has 2 aliphatic carbocycles. The smallest absolute Gasteiger partial charge is 0.335 e. The zero-order valence-corrected chi connectivity index (χ0v) is 17.9. The average molecular weight is 421 g/mol. The molecule has 1 aromatic rings. The second-order valence-electron chi connectivity index (χ2n) is 8.85. The molecule has 2 fully saturated rings. The lowest BCUT2D eigenvalue weighted by atomic mass is 9.63. The van der Waals surface area contributed by atoms with E-state index in [0.717, 1.165) is 37.7 Å². The summed E-state index contributed by atoms with van der Waals surface area (Å²) in [6.45, 7) is 2.16. The van der Waals surface area contributed by atoms with E-state index in [-0.39, 0.29) is 34.3 Å². The van der Waals surface area contributed by atoms with Gasteiger partial charge in [0.1, 0.15) is 0 Å². The molecule has 29 heavy (non-hydrogen) atoms. The van der Waals surface area contributed by atoms with Crippen LogP contribution >= 0.6 is 11.6 Å². The van der Waals surface area contributed by atoms with Gasteiger partial charge in [0.15, 0.2) is 0 Å². The van der Waals surface area contributed by atoms with Crippen LogP contribution in [0.3, 0.4) is 0 Å². The lowest BCUT2D eigenvalue weighted by molar-refractivity contribution is -0.0355. The first-order chi connectivity index (χ1) is 13.9. The van der Waals surface area contributed by atoms with Crippen LogP contribution in [-0.4, -0.2) is 38.9 Å². The number of carboxylic acid groups (broad SMARTS) is 1. The Bertz CT molecular complexity index is 705. The number of rotatable bonds is 9. The molecule has 3 unspecified atom stereocenters. The number of halogens is 1. The van der Waals surface area contributed by atoms with Gasteiger partial charge < -0.3 is 15.3 Å². The highest BCUT2D eigenvalue weighted by Gasteiger charge is 2.42. The highest BCUT2D eigenvalue weighted by atomic mass is 35.5. The molecule has 3 N–H and O–H groups in total. The summed E-state index contributed by atoms with van der Waals surface area (Å²) in [5, 5.41) is 30.0. The van der Waals surface area contributed by atoms with Crippen LogP contribution < -0.4 is 0 Å². The van der Waals surface area contributed by atoms with E-state index in [1.807, 2.05) is 18.2 Å². The SMILES string of the molecule is CCC1(C(O)CC=C[C@H]2C(O)CC(Cl)[C@@H]2CCc2ccc(C(=O)O)cc2)CCC1. The Balaban J connectivity index is 1.57. The normalized spacial score (nSPS) is 29.7. The first-order valence-electron chi connectivity index (χ1n) is 10.9. The van der Waals surface area contributed by atoms with Crippen LogP contribution in [-0.2, 0) is 6.42 Å². The fourth-order valence-electron chi connectivity index (χ4n) is 5.05. The largest absolute Gasteiger partial charge is 0.478 e. The van der Waals surface area contributed by atoms with Crippen molar-refractivity contribution in [3.05, 3.63) is 47.5 Å². The van der Waals surface area contributed by atoms with Crippen molar-refractivity contribution >= 4 is 17.6 Å². The van der Waals surface area contributed by atoms with Crippen molar-refractivity contribution in [2.75, 3.05) is 0 Å². The monoisotopic (exact) mass is 420 g/mol. The number of hydrogen-bond acceptors (Lipinski definition) is 3. The second kappa shape index (κ2) is 9.63. The zero-order valence-electron chi connectivity index (χ0n) is 17.1. The summed E-state index contributed by atoms with van der Waals surface area (Å²) in [6.07, 6.45) is 10.6. The van der Waals surface area contributed by atoms with Crippen molar-refractivity contribution in [2.24, 2.45) is 17.3 Å². The van der Waals surface area contributed by atoms with Gasteiger partial charge in [-0.05, 0) is 74.0 Å². The minimum atomic E-state index is -0.921. The zero-order chi connectivity index (χ0) is 21.0. The third kappa shape index (κ3) is 5.04. The van der Waals surface area contributed by atoms with Gasteiger partial charge in [-0.3, -0.25) is 0 Å². The highest BCUT2D eigenvalue weighted by molar-refractivity contribution is 6.21. The Kier molecular flexibility index (Phi) is 7.42. The quantitative estimate of drug-likeness (QED) is 0.395. The number of aromatic carboxylic acids is 1. The number of hydrogen-bond donors (Lipinski definition) is 3. The van der Waals surface area contributed by atoms with Gasteiger partial charge in [0.05, 0.1) is 17.8 Å². The summed E-state index contributed by atoms with van der Waals surface area (Å²) in [5.74, 6) is -0.750. The molecule has 1 aromatic carbocycles. The predicted octanol–water partition coefficient (Wildman–Crippen LogP) is 4.81. The van der Waals surface area contributed by atoms with E-state index in [9.17, 15) is 15.0 Å². The standard InChI is InChI=1S/C24H33ClO4/c1-2-24(13-4-14-24)22(27)6-3-5-19-18(20(25)15-21(19)26)12-9-16-7-10-17(11-8-16)23(28)29/h3,5,7-8,10-11,18-22,26-27H,2,4,6,9,12-15H2,1H3,(H,28,29)/t18-,19-,20?,21?,22?/m1/s1. The fraction of sp³-hybridized carbons (Fsp3) is 0.625. The van der Waals surface area contributed by atoms with Gasteiger partial charge in [0.2, 0.25) is 0 Å². The first-order valence-corrected chi connectivity index (χ1v) is 11.3. The maximum absolute atomic E-state index is 11.0. The Hall–Kier alpha value is -1.36. The van der Waals surface area contributed by atoms with Crippen molar-refractivity contribution in [2.45, 2.75) is 75.9 Å². The molecule has 0 aromatic heterocycles. The summed E-state index contributed by atoms with van der Waals surface area (Å²) in [4.78, 5) is 11.0. The summed E-state index contributed by atoms with van der Waals surface area (Å²) in [5.41, 5.74) is 1.46. The van der Waals surface area contributed by atoms with E-state index < -0.39 is 12.1 Å². The molecule has 0 bridgehead atoms. The van der Waals surface area contributed by atoms with Gasteiger partial charge in [0, 0.05) is 11.3 Å². The fourth-order valence-corrected chi connectivity index (χ4v) is 5.53. The van der Waals surface area contributed by atoms with Gasteiger partial charge in [-0.25, -0.2) is 4.79 Å². The molecule has 160 valence electrons. The minimum absolute atomic E-state index is 0.00181. The molecule has 2 aliphatic rings. The average Bonchev–Trinajstić information content (AvgIpc) is 2.93. The molecule has 5 atom stereocenters. The topological polar surface area (TPSA) is 77.8 Å². The van der Waals surface area contributed by atoms with E-state index in [0.29, 0.717) is 12.8 Å². The van der Waals surface area contributed by atoms with Crippen molar-refractivity contribution < 1.29 is 20.1 Å².